The van der Waals surface area contributed by atoms with E-state index in [0.29, 0.717) is 5.16 Å². The number of hydrogen-bond acceptors (Lipinski definition) is 8. The second kappa shape index (κ2) is 6.10. The van der Waals surface area contributed by atoms with E-state index < -0.39 is 0 Å². The van der Waals surface area contributed by atoms with Gasteiger partial charge in [-0.25, -0.2) is 9.97 Å². The Morgan fingerprint density at radius 3 is 2.62 bits per heavy atom. The molecule has 0 radical (unpaired) electrons. The highest BCUT2D eigenvalue weighted by atomic mass is 32.2. The summed E-state index contributed by atoms with van der Waals surface area (Å²) in [6, 6.07) is 8.53. The van der Waals surface area contributed by atoms with Crippen LogP contribution in [0.1, 0.15) is 0 Å². The molecular weight excluding hydrogens is 308 g/mol. The quantitative estimate of drug-likeness (QED) is 0.577. The molecule has 0 aliphatic rings. The van der Waals surface area contributed by atoms with Gasteiger partial charge in [-0.05, 0) is 52.7 Å². The smallest absolute Gasteiger partial charge is 0.220 e. The van der Waals surface area contributed by atoms with Crippen molar-refractivity contribution < 1.29 is 5.11 Å². The predicted octanol–water partition coefficient (Wildman–Crippen LogP) is 2.03. The molecule has 7 nitrogen and oxygen atoms in total. The van der Waals surface area contributed by atoms with Crippen molar-refractivity contribution >= 4 is 23.5 Å². The molecule has 1 N–H and O–H groups in total. The molecule has 0 spiro atoms. The van der Waals surface area contributed by atoms with E-state index in [0.717, 1.165) is 15.7 Å². The summed E-state index contributed by atoms with van der Waals surface area (Å²) in [5.41, 5.74) is 0.763. The molecule has 3 aromatic rings. The van der Waals surface area contributed by atoms with E-state index in [2.05, 4.69) is 25.5 Å². The Morgan fingerprint density at radius 1 is 1.10 bits per heavy atom. The average Bonchev–Trinajstić information content (AvgIpc) is 2.96. The first-order valence-electron chi connectivity index (χ1n) is 5.88. The Hall–Kier alpha value is -2.13. The van der Waals surface area contributed by atoms with Crippen LogP contribution in [0.4, 0.5) is 0 Å². The van der Waals surface area contributed by atoms with E-state index in [9.17, 15) is 5.11 Å². The van der Waals surface area contributed by atoms with Gasteiger partial charge >= 0.3 is 0 Å². The van der Waals surface area contributed by atoms with Crippen molar-refractivity contribution in [1.82, 2.24) is 30.2 Å². The second-order valence-corrected chi connectivity index (χ2v) is 5.70. The van der Waals surface area contributed by atoms with Crippen molar-refractivity contribution in [1.29, 1.82) is 0 Å². The van der Waals surface area contributed by atoms with Gasteiger partial charge in [0.2, 0.25) is 5.16 Å². The van der Waals surface area contributed by atoms with Gasteiger partial charge in [-0.1, -0.05) is 0 Å². The summed E-state index contributed by atoms with van der Waals surface area (Å²) >= 11 is 2.90. The molecule has 0 aliphatic carbocycles. The number of benzene rings is 1. The van der Waals surface area contributed by atoms with E-state index in [-0.39, 0.29) is 5.75 Å². The fraction of sp³-hybridized carbons (Fsp3) is 0.0833. The van der Waals surface area contributed by atoms with E-state index in [1.807, 2.05) is 12.3 Å². The minimum absolute atomic E-state index is 0.196. The Morgan fingerprint density at radius 2 is 1.86 bits per heavy atom. The lowest BCUT2D eigenvalue weighted by molar-refractivity contribution is 0.475. The first kappa shape index (κ1) is 13.8. The molecule has 21 heavy (non-hydrogen) atoms. The van der Waals surface area contributed by atoms with Crippen LogP contribution < -0.4 is 0 Å². The minimum Gasteiger partial charge on any atom is -0.508 e. The lowest BCUT2D eigenvalue weighted by atomic mass is 10.3. The zero-order valence-electron chi connectivity index (χ0n) is 10.9. The van der Waals surface area contributed by atoms with Crippen molar-refractivity contribution in [2.75, 3.05) is 6.26 Å². The molecule has 2 aromatic heterocycles. The summed E-state index contributed by atoms with van der Waals surface area (Å²) in [6.45, 7) is 0. The van der Waals surface area contributed by atoms with Gasteiger partial charge in [0.15, 0.2) is 0 Å². The van der Waals surface area contributed by atoms with Gasteiger partial charge in [0.05, 0.1) is 5.69 Å². The Kier molecular flexibility index (Phi) is 4.02. The minimum atomic E-state index is 0.196. The topological polar surface area (TPSA) is 89.6 Å². The maximum absolute atomic E-state index is 9.33. The molecule has 106 valence electrons. The first-order chi connectivity index (χ1) is 10.3. The number of aromatic hydroxyl groups is 1. The zero-order chi connectivity index (χ0) is 14.7. The highest BCUT2D eigenvalue weighted by Gasteiger charge is 2.11. The van der Waals surface area contributed by atoms with Gasteiger partial charge < -0.3 is 5.11 Å². The summed E-state index contributed by atoms with van der Waals surface area (Å²) in [4.78, 5) is 8.33. The molecule has 3 rings (SSSR count). The van der Waals surface area contributed by atoms with Crippen LogP contribution in [0.5, 0.6) is 5.75 Å². The number of tetrazole rings is 1. The first-order valence-corrected chi connectivity index (χ1v) is 7.92. The van der Waals surface area contributed by atoms with Crippen LogP contribution in [0.25, 0.3) is 5.69 Å². The van der Waals surface area contributed by atoms with Gasteiger partial charge in [0.25, 0.3) is 0 Å². The van der Waals surface area contributed by atoms with Crippen LogP contribution in [0, 0.1) is 0 Å². The third kappa shape index (κ3) is 3.14. The monoisotopic (exact) mass is 318 g/mol. The third-order valence-corrected chi connectivity index (χ3v) is 4.07. The van der Waals surface area contributed by atoms with E-state index in [1.54, 1.807) is 40.7 Å². The largest absolute Gasteiger partial charge is 0.508 e. The fourth-order valence-electron chi connectivity index (χ4n) is 1.58. The number of rotatable bonds is 4. The normalized spacial score (nSPS) is 10.7. The standard InChI is InChI=1S/C12H10N6OS2/c1-20-10-6-11(14-7-13-10)21-12-15-16-17-18(12)8-2-4-9(19)5-3-8/h2-7,19H,1H3. The predicted molar refractivity (Wildman–Crippen MR) is 78.8 cm³/mol. The van der Waals surface area contributed by atoms with Crippen LogP contribution >= 0.6 is 23.5 Å². The Bertz CT molecular complexity index is 746. The number of hydrogen-bond donors (Lipinski definition) is 1. The number of phenols is 1. The number of phenolic OH excluding ortho intramolecular Hbond substituents is 1. The SMILES string of the molecule is CSc1cc(Sc2nnnn2-c2ccc(O)cc2)ncn1. The van der Waals surface area contributed by atoms with Gasteiger partial charge in [-0.2, -0.15) is 4.68 Å². The number of nitrogens with zero attached hydrogens (tertiary/aromatic N) is 6. The van der Waals surface area contributed by atoms with Crippen molar-refractivity contribution in [3.8, 4) is 11.4 Å². The highest BCUT2D eigenvalue weighted by Crippen LogP contribution is 2.27. The molecular formula is C12H10N6OS2. The summed E-state index contributed by atoms with van der Waals surface area (Å²) in [7, 11) is 0. The molecule has 0 saturated carbocycles. The molecule has 0 bridgehead atoms. The van der Waals surface area contributed by atoms with Crippen LogP contribution in [-0.2, 0) is 0 Å². The van der Waals surface area contributed by atoms with Crippen LogP contribution in [0.15, 0.2) is 51.9 Å². The van der Waals surface area contributed by atoms with Crippen LogP contribution in [0.3, 0.4) is 0 Å². The van der Waals surface area contributed by atoms with Crippen LogP contribution in [0.2, 0.25) is 0 Å². The Labute approximate surface area is 128 Å². The van der Waals surface area contributed by atoms with Crippen molar-refractivity contribution in [3.63, 3.8) is 0 Å². The van der Waals surface area contributed by atoms with E-state index >= 15 is 0 Å². The molecule has 0 fully saturated rings. The molecule has 2 heterocycles. The molecule has 0 atom stereocenters. The van der Waals surface area contributed by atoms with Gasteiger partial charge in [-0.15, -0.1) is 16.9 Å². The Balaban J connectivity index is 1.90. The molecule has 0 amide bonds. The van der Waals surface area contributed by atoms with Gasteiger partial charge in [0, 0.05) is 6.07 Å². The molecule has 0 saturated heterocycles. The number of thioether (sulfide) groups is 1. The summed E-state index contributed by atoms with van der Waals surface area (Å²) in [5, 5.41) is 23.2. The lowest BCUT2D eigenvalue weighted by Gasteiger charge is -2.04. The molecule has 1 aromatic carbocycles. The third-order valence-electron chi connectivity index (χ3n) is 2.56. The van der Waals surface area contributed by atoms with Crippen molar-refractivity contribution in [3.05, 3.63) is 36.7 Å². The van der Waals surface area contributed by atoms with E-state index in [1.165, 1.54) is 18.1 Å². The highest BCUT2D eigenvalue weighted by molar-refractivity contribution is 7.99. The second-order valence-electron chi connectivity index (χ2n) is 3.89. The summed E-state index contributed by atoms with van der Waals surface area (Å²) < 4.78 is 1.59. The zero-order valence-corrected chi connectivity index (χ0v) is 12.5. The fourth-order valence-corrected chi connectivity index (χ4v) is 2.80. The van der Waals surface area contributed by atoms with Crippen molar-refractivity contribution in [2.45, 2.75) is 15.2 Å². The maximum atomic E-state index is 9.33. The number of aromatic nitrogens is 6. The summed E-state index contributed by atoms with van der Waals surface area (Å²) in [5.74, 6) is 0.196. The molecule has 9 heteroatoms. The molecule has 0 unspecified atom stereocenters. The van der Waals surface area contributed by atoms with Gasteiger partial charge in [0.1, 0.15) is 22.1 Å². The molecule has 0 aliphatic heterocycles. The average molecular weight is 318 g/mol. The maximum Gasteiger partial charge on any atom is 0.220 e. The summed E-state index contributed by atoms with van der Waals surface area (Å²) in [6.07, 6.45) is 3.47. The van der Waals surface area contributed by atoms with Gasteiger partial charge in [-0.3, -0.25) is 0 Å². The van der Waals surface area contributed by atoms with Crippen LogP contribution in [-0.4, -0.2) is 41.5 Å². The van der Waals surface area contributed by atoms with E-state index in [4.69, 9.17) is 0 Å². The lowest BCUT2D eigenvalue weighted by Crippen LogP contribution is -1.98. The van der Waals surface area contributed by atoms with Crippen molar-refractivity contribution in [2.24, 2.45) is 0 Å².